The number of H-pyrrole nitrogens is 1. The third-order valence-corrected chi connectivity index (χ3v) is 2.28. The second-order valence-corrected chi connectivity index (χ2v) is 3.38. The molecule has 0 amide bonds. The molecule has 74 valence electrons. The Kier molecular flexibility index (Phi) is 2.41. The first-order chi connectivity index (χ1) is 6.79. The van der Waals surface area contributed by atoms with Crippen molar-refractivity contribution in [2.75, 3.05) is 6.61 Å². The Morgan fingerprint density at radius 3 is 3.29 bits per heavy atom. The molecule has 1 saturated carbocycles. The molecule has 2 unspecified atom stereocenters. The van der Waals surface area contributed by atoms with Crippen molar-refractivity contribution >= 4 is 12.0 Å². The number of aromatic amines is 1. The minimum Gasteiger partial charge on any atom is -0.396 e. The normalized spacial score (nSPS) is 25.5. The van der Waals surface area contributed by atoms with Gasteiger partial charge in [-0.2, -0.15) is 0 Å². The van der Waals surface area contributed by atoms with Gasteiger partial charge in [-0.15, -0.1) is 0 Å². The first-order valence-corrected chi connectivity index (χ1v) is 4.50. The maximum absolute atomic E-state index is 10.8. The molecule has 0 bridgehead atoms. The van der Waals surface area contributed by atoms with Crippen LogP contribution in [-0.2, 0) is 0 Å². The van der Waals surface area contributed by atoms with Gasteiger partial charge in [0, 0.05) is 19.0 Å². The molecule has 5 nitrogen and oxygen atoms in total. The van der Waals surface area contributed by atoms with E-state index in [4.69, 9.17) is 5.11 Å². The molecule has 2 N–H and O–H groups in total. The van der Waals surface area contributed by atoms with E-state index in [1.807, 2.05) is 0 Å². The van der Waals surface area contributed by atoms with Gasteiger partial charge < -0.3 is 5.11 Å². The Morgan fingerprint density at radius 1 is 1.79 bits per heavy atom. The number of nitrogens with zero attached hydrogens (tertiary/aromatic N) is 2. The lowest BCUT2D eigenvalue weighted by Gasteiger charge is -1.90. The van der Waals surface area contributed by atoms with E-state index in [0.717, 1.165) is 6.42 Å². The molecular formula is C9H11N3O2. The Bertz CT molecular complexity index is 399. The number of hydrogen-bond acceptors (Lipinski definition) is 4. The molecule has 1 aliphatic rings. The van der Waals surface area contributed by atoms with Crippen molar-refractivity contribution in [1.29, 1.82) is 0 Å². The van der Waals surface area contributed by atoms with E-state index in [9.17, 15) is 4.79 Å². The molecule has 1 fully saturated rings. The number of aliphatic hydroxyl groups is 1. The summed E-state index contributed by atoms with van der Waals surface area (Å²) in [6, 6.07) is 1.63. The van der Waals surface area contributed by atoms with Crippen LogP contribution < -0.4 is 5.69 Å². The van der Waals surface area contributed by atoms with Gasteiger partial charge in [-0.3, -0.25) is 4.98 Å². The molecule has 0 spiro atoms. The van der Waals surface area contributed by atoms with Gasteiger partial charge in [0.25, 0.3) is 0 Å². The molecular weight excluding hydrogens is 182 g/mol. The summed E-state index contributed by atoms with van der Waals surface area (Å²) in [4.78, 5) is 20.9. The number of hydrogen-bond donors (Lipinski definition) is 2. The topological polar surface area (TPSA) is 78.3 Å². The Hall–Kier alpha value is -1.49. The van der Waals surface area contributed by atoms with E-state index < -0.39 is 5.69 Å². The molecule has 1 heterocycles. The van der Waals surface area contributed by atoms with Crippen molar-refractivity contribution in [1.82, 2.24) is 9.97 Å². The first kappa shape index (κ1) is 9.08. The van der Waals surface area contributed by atoms with Crippen molar-refractivity contribution < 1.29 is 5.11 Å². The van der Waals surface area contributed by atoms with Crippen molar-refractivity contribution in [3.05, 3.63) is 22.7 Å². The minimum absolute atomic E-state index is 0.212. The number of nitrogens with one attached hydrogen (secondary N) is 1. The SMILES string of the molecule is O=c1nccc(N=CC2CC2CO)[nH]1. The van der Waals surface area contributed by atoms with Crippen molar-refractivity contribution in [3.8, 4) is 0 Å². The van der Waals surface area contributed by atoms with Crippen LogP contribution in [0, 0.1) is 11.8 Å². The Labute approximate surface area is 80.5 Å². The van der Waals surface area contributed by atoms with Crippen LogP contribution in [0.2, 0.25) is 0 Å². The Morgan fingerprint density at radius 2 is 2.64 bits per heavy atom. The van der Waals surface area contributed by atoms with Crippen molar-refractivity contribution in [2.45, 2.75) is 6.42 Å². The molecule has 5 heteroatoms. The maximum atomic E-state index is 10.8. The molecule has 0 radical (unpaired) electrons. The smallest absolute Gasteiger partial charge is 0.346 e. The minimum atomic E-state index is -0.394. The second-order valence-electron chi connectivity index (χ2n) is 3.38. The van der Waals surface area contributed by atoms with Gasteiger partial charge in [0.1, 0.15) is 5.82 Å². The number of aromatic nitrogens is 2. The predicted octanol–water partition coefficient (Wildman–Crippen LogP) is 0.101. The molecule has 0 saturated heterocycles. The lowest BCUT2D eigenvalue weighted by atomic mass is 10.3. The number of aliphatic hydroxyl groups excluding tert-OH is 1. The summed E-state index contributed by atoms with van der Waals surface area (Å²) >= 11 is 0. The standard InChI is InChI=1S/C9H11N3O2/c13-5-7-3-6(7)4-11-8-1-2-10-9(14)12-8/h1-2,4,6-7,13H,3,5H2,(H,10,12,14). The van der Waals surface area contributed by atoms with Crippen LogP contribution in [-0.4, -0.2) is 27.9 Å². The van der Waals surface area contributed by atoms with Gasteiger partial charge in [0.05, 0.1) is 0 Å². The molecule has 1 aromatic rings. The fourth-order valence-corrected chi connectivity index (χ4v) is 1.27. The monoisotopic (exact) mass is 193 g/mol. The highest BCUT2D eigenvalue weighted by Gasteiger charge is 2.34. The molecule has 2 atom stereocenters. The van der Waals surface area contributed by atoms with Gasteiger partial charge in [0.15, 0.2) is 0 Å². The highest BCUT2D eigenvalue weighted by atomic mass is 16.3. The third-order valence-electron chi connectivity index (χ3n) is 2.28. The number of rotatable bonds is 3. The van der Waals surface area contributed by atoms with Crippen LogP contribution in [0.3, 0.4) is 0 Å². The van der Waals surface area contributed by atoms with E-state index >= 15 is 0 Å². The quantitative estimate of drug-likeness (QED) is 0.668. The van der Waals surface area contributed by atoms with Crippen LogP contribution in [0.15, 0.2) is 22.1 Å². The zero-order valence-electron chi connectivity index (χ0n) is 7.55. The van der Waals surface area contributed by atoms with Crippen LogP contribution in [0.4, 0.5) is 5.82 Å². The summed E-state index contributed by atoms with van der Waals surface area (Å²) in [5, 5.41) is 8.79. The fraction of sp³-hybridized carbons (Fsp3) is 0.444. The average Bonchev–Trinajstić information content (AvgIpc) is 2.93. The van der Waals surface area contributed by atoms with E-state index in [-0.39, 0.29) is 6.61 Å². The van der Waals surface area contributed by atoms with Gasteiger partial charge >= 0.3 is 5.69 Å². The summed E-state index contributed by atoms with van der Waals surface area (Å²) in [5.74, 6) is 1.22. The average molecular weight is 193 g/mol. The van der Waals surface area contributed by atoms with Crippen LogP contribution >= 0.6 is 0 Å². The first-order valence-electron chi connectivity index (χ1n) is 4.50. The molecule has 14 heavy (non-hydrogen) atoms. The van der Waals surface area contributed by atoms with E-state index in [1.165, 1.54) is 6.20 Å². The van der Waals surface area contributed by atoms with Crippen molar-refractivity contribution in [3.63, 3.8) is 0 Å². The zero-order chi connectivity index (χ0) is 9.97. The predicted molar refractivity (Wildman–Crippen MR) is 51.7 cm³/mol. The lowest BCUT2D eigenvalue weighted by Crippen LogP contribution is -2.07. The van der Waals surface area contributed by atoms with E-state index in [2.05, 4.69) is 15.0 Å². The van der Waals surface area contributed by atoms with Crippen LogP contribution in [0.5, 0.6) is 0 Å². The molecule has 0 aliphatic heterocycles. The largest absolute Gasteiger partial charge is 0.396 e. The molecule has 0 aromatic carbocycles. The second kappa shape index (κ2) is 3.71. The van der Waals surface area contributed by atoms with E-state index in [1.54, 1.807) is 12.3 Å². The summed E-state index contributed by atoms with van der Waals surface area (Å²) < 4.78 is 0. The van der Waals surface area contributed by atoms with Gasteiger partial charge in [-0.25, -0.2) is 14.8 Å². The summed E-state index contributed by atoms with van der Waals surface area (Å²) in [7, 11) is 0. The van der Waals surface area contributed by atoms with E-state index in [0.29, 0.717) is 17.7 Å². The summed E-state index contributed by atoms with van der Waals surface area (Å²) in [6.07, 6.45) is 4.17. The Balaban J connectivity index is 2.01. The highest BCUT2D eigenvalue weighted by Crippen LogP contribution is 2.36. The molecule has 1 aliphatic carbocycles. The van der Waals surface area contributed by atoms with Crippen LogP contribution in [0.25, 0.3) is 0 Å². The zero-order valence-corrected chi connectivity index (χ0v) is 7.55. The van der Waals surface area contributed by atoms with Gasteiger partial charge in [-0.05, 0) is 24.3 Å². The summed E-state index contributed by atoms with van der Waals surface area (Å²) in [6.45, 7) is 0.212. The highest BCUT2D eigenvalue weighted by molar-refractivity contribution is 5.67. The fourth-order valence-electron chi connectivity index (χ4n) is 1.27. The van der Waals surface area contributed by atoms with Crippen molar-refractivity contribution in [2.24, 2.45) is 16.8 Å². The number of aliphatic imine (C=N–C) groups is 1. The summed E-state index contributed by atoms with van der Waals surface area (Å²) in [5.41, 5.74) is -0.394. The molecule has 2 rings (SSSR count). The van der Waals surface area contributed by atoms with Crippen LogP contribution in [0.1, 0.15) is 6.42 Å². The molecule has 1 aromatic heterocycles. The lowest BCUT2D eigenvalue weighted by molar-refractivity contribution is 0.274. The third kappa shape index (κ3) is 2.05. The van der Waals surface area contributed by atoms with Gasteiger partial charge in [0.2, 0.25) is 0 Å². The van der Waals surface area contributed by atoms with Gasteiger partial charge in [-0.1, -0.05) is 0 Å². The maximum Gasteiger partial charge on any atom is 0.346 e.